The minimum absolute atomic E-state index is 0.0598. The molecule has 2 aromatic rings. The standard InChI is InChI=1S/C25H33ClN2O3S/c1-4-6-15-27-25(30)23(5-2)28(16-19-11-13-21(31-3)14-12-19)24(29)18-32-17-20-9-7-8-10-22(20)26/h7-14,23H,4-6,15-18H2,1-3H3,(H,27,30)/t23-/m1/s1. The van der Waals surface area contributed by atoms with Gasteiger partial charge >= 0.3 is 0 Å². The van der Waals surface area contributed by atoms with Crippen molar-refractivity contribution in [2.24, 2.45) is 0 Å². The average Bonchev–Trinajstić information content (AvgIpc) is 2.80. The van der Waals surface area contributed by atoms with E-state index in [4.69, 9.17) is 16.3 Å². The van der Waals surface area contributed by atoms with Crippen molar-refractivity contribution < 1.29 is 14.3 Å². The van der Waals surface area contributed by atoms with E-state index in [9.17, 15) is 9.59 Å². The zero-order valence-corrected chi connectivity index (χ0v) is 20.7. The first-order valence-corrected chi connectivity index (χ1v) is 12.5. The van der Waals surface area contributed by atoms with Crippen LogP contribution >= 0.6 is 23.4 Å². The van der Waals surface area contributed by atoms with Crippen LogP contribution in [-0.4, -0.2) is 42.2 Å². The predicted molar refractivity (Wildman–Crippen MR) is 133 cm³/mol. The van der Waals surface area contributed by atoms with Crippen molar-refractivity contribution in [1.82, 2.24) is 10.2 Å². The normalized spacial score (nSPS) is 11.6. The minimum Gasteiger partial charge on any atom is -0.497 e. The molecule has 0 radical (unpaired) electrons. The highest BCUT2D eigenvalue weighted by atomic mass is 35.5. The molecule has 0 aliphatic rings. The molecule has 0 spiro atoms. The highest BCUT2D eigenvalue weighted by Crippen LogP contribution is 2.22. The fourth-order valence-electron chi connectivity index (χ4n) is 3.30. The molecule has 1 N–H and O–H groups in total. The molecule has 2 rings (SSSR count). The van der Waals surface area contributed by atoms with E-state index in [2.05, 4.69) is 12.2 Å². The van der Waals surface area contributed by atoms with Crippen molar-refractivity contribution in [1.29, 1.82) is 0 Å². The van der Waals surface area contributed by atoms with Crippen LogP contribution in [0.15, 0.2) is 48.5 Å². The highest BCUT2D eigenvalue weighted by Gasteiger charge is 2.28. The first-order valence-electron chi connectivity index (χ1n) is 11.0. The largest absolute Gasteiger partial charge is 0.497 e. The fourth-order valence-corrected chi connectivity index (χ4v) is 4.50. The number of hydrogen-bond acceptors (Lipinski definition) is 4. The van der Waals surface area contributed by atoms with E-state index in [-0.39, 0.29) is 17.6 Å². The van der Waals surface area contributed by atoms with Crippen molar-refractivity contribution in [3.8, 4) is 5.75 Å². The number of amides is 2. The van der Waals surface area contributed by atoms with E-state index < -0.39 is 6.04 Å². The molecule has 0 unspecified atom stereocenters. The van der Waals surface area contributed by atoms with Crippen LogP contribution in [0.4, 0.5) is 0 Å². The second-order valence-corrected chi connectivity index (χ2v) is 8.92. The van der Waals surface area contributed by atoms with Gasteiger partial charge in [-0.25, -0.2) is 0 Å². The minimum atomic E-state index is -0.512. The molecule has 0 bridgehead atoms. The van der Waals surface area contributed by atoms with Gasteiger partial charge in [0.1, 0.15) is 11.8 Å². The maximum Gasteiger partial charge on any atom is 0.242 e. The van der Waals surface area contributed by atoms with Crippen molar-refractivity contribution in [2.45, 2.75) is 51.4 Å². The summed E-state index contributed by atoms with van der Waals surface area (Å²) in [6.07, 6.45) is 2.47. The van der Waals surface area contributed by atoms with E-state index in [1.165, 1.54) is 11.8 Å². The average molecular weight is 477 g/mol. The van der Waals surface area contributed by atoms with Gasteiger partial charge in [0.05, 0.1) is 12.9 Å². The van der Waals surface area contributed by atoms with E-state index >= 15 is 0 Å². The summed E-state index contributed by atoms with van der Waals surface area (Å²) in [5.74, 6) is 1.52. The fraction of sp³-hybridized carbons (Fsp3) is 0.440. The number of nitrogens with one attached hydrogen (secondary N) is 1. The van der Waals surface area contributed by atoms with Gasteiger partial charge in [0.2, 0.25) is 11.8 Å². The number of methoxy groups -OCH3 is 1. The van der Waals surface area contributed by atoms with Gasteiger partial charge in [-0.3, -0.25) is 9.59 Å². The van der Waals surface area contributed by atoms with Crippen LogP contribution in [0.1, 0.15) is 44.2 Å². The van der Waals surface area contributed by atoms with Crippen LogP contribution < -0.4 is 10.1 Å². The monoisotopic (exact) mass is 476 g/mol. The van der Waals surface area contributed by atoms with Crippen molar-refractivity contribution >= 4 is 35.2 Å². The predicted octanol–water partition coefficient (Wildman–Crippen LogP) is 5.31. The lowest BCUT2D eigenvalue weighted by molar-refractivity contribution is -0.139. The first kappa shape index (κ1) is 26.1. The number of hydrogen-bond donors (Lipinski definition) is 1. The van der Waals surface area contributed by atoms with Crippen LogP contribution in [-0.2, 0) is 21.9 Å². The van der Waals surface area contributed by atoms with Gasteiger partial charge in [-0.05, 0) is 42.2 Å². The molecule has 174 valence electrons. The highest BCUT2D eigenvalue weighted by molar-refractivity contribution is 7.99. The summed E-state index contributed by atoms with van der Waals surface area (Å²) >= 11 is 7.74. The second kappa shape index (κ2) is 14.1. The van der Waals surface area contributed by atoms with E-state index in [0.29, 0.717) is 30.3 Å². The Balaban J connectivity index is 2.12. The summed E-state index contributed by atoms with van der Waals surface area (Å²) in [5, 5.41) is 3.68. The summed E-state index contributed by atoms with van der Waals surface area (Å²) in [5.41, 5.74) is 1.95. The molecule has 7 heteroatoms. The second-order valence-electron chi connectivity index (χ2n) is 7.52. The summed E-state index contributed by atoms with van der Waals surface area (Å²) in [4.78, 5) is 27.8. The SMILES string of the molecule is CCCCNC(=O)[C@@H](CC)N(Cc1ccc(OC)cc1)C(=O)CSCc1ccccc1Cl. The van der Waals surface area contributed by atoms with E-state index in [0.717, 1.165) is 29.7 Å². The molecule has 0 aliphatic carbocycles. The summed E-state index contributed by atoms with van der Waals surface area (Å²) in [7, 11) is 1.62. The third kappa shape index (κ3) is 8.06. The molecule has 2 amide bonds. The lowest BCUT2D eigenvalue weighted by Crippen LogP contribution is -2.49. The van der Waals surface area contributed by atoms with Crippen LogP contribution in [0.3, 0.4) is 0 Å². The molecule has 32 heavy (non-hydrogen) atoms. The zero-order valence-electron chi connectivity index (χ0n) is 19.1. The molecule has 2 aromatic carbocycles. The number of halogens is 1. The molecule has 0 saturated carbocycles. The van der Waals surface area contributed by atoms with Gasteiger partial charge in [0.15, 0.2) is 0 Å². The summed E-state index contributed by atoms with van der Waals surface area (Å²) < 4.78 is 5.23. The number of rotatable bonds is 13. The molecule has 0 saturated heterocycles. The van der Waals surface area contributed by atoms with Gasteiger partial charge in [-0.1, -0.05) is 62.2 Å². The Kier molecular flexibility index (Phi) is 11.5. The smallest absolute Gasteiger partial charge is 0.242 e. The summed E-state index contributed by atoms with van der Waals surface area (Å²) in [6.45, 7) is 5.02. The third-order valence-corrected chi connectivity index (χ3v) is 6.50. The molecule has 0 fully saturated rings. The molecular formula is C25H33ClN2O3S. The number of benzene rings is 2. The van der Waals surface area contributed by atoms with Crippen LogP contribution in [0.5, 0.6) is 5.75 Å². The number of thioether (sulfide) groups is 1. The summed E-state index contributed by atoms with van der Waals surface area (Å²) in [6, 6.07) is 14.7. The van der Waals surface area contributed by atoms with Gasteiger partial charge in [-0.15, -0.1) is 11.8 Å². The number of unbranched alkanes of at least 4 members (excludes halogenated alkanes) is 1. The Morgan fingerprint density at radius 2 is 1.84 bits per heavy atom. The quantitative estimate of drug-likeness (QED) is 0.398. The van der Waals surface area contributed by atoms with Gasteiger partial charge < -0.3 is 15.0 Å². The van der Waals surface area contributed by atoms with Crippen LogP contribution in [0.25, 0.3) is 0 Å². The van der Waals surface area contributed by atoms with Gasteiger partial charge in [0, 0.05) is 23.9 Å². The van der Waals surface area contributed by atoms with E-state index in [1.807, 2.05) is 55.5 Å². The lowest BCUT2D eigenvalue weighted by Gasteiger charge is -2.30. The molecular weight excluding hydrogens is 444 g/mol. The molecule has 0 heterocycles. The number of carbonyl (C=O) groups excluding carboxylic acids is 2. The van der Waals surface area contributed by atoms with Crippen molar-refractivity contribution in [3.05, 3.63) is 64.7 Å². The number of ether oxygens (including phenoxy) is 1. The zero-order chi connectivity index (χ0) is 23.3. The van der Waals surface area contributed by atoms with Gasteiger partial charge in [-0.2, -0.15) is 0 Å². The van der Waals surface area contributed by atoms with Crippen molar-refractivity contribution in [2.75, 3.05) is 19.4 Å². The van der Waals surface area contributed by atoms with Crippen LogP contribution in [0, 0.1) is 0 Å². The first-order chi connectivity index (χ1) is 15.5. The Morgan fingerprint density at radius 1 is 1.12 bits per heavy atom. The Morgan fingerprint density at radius 3 is 2.47 bits per heavy atom. The molecule has 5 nitrogen and oxygen atoms in total. The number of nitrogens with zero attached hydrogens (tertiary/aromatic N) is 1. The maximum absolute atomic E-state index is 13.2. The van der Waals surface area contributed by atoms with Crippen LogP contribution in [0.2, 0.25) is 5.02 Å². The Bertz CT molecular complexity index is 861. The Hall–Kier alpha value is -2.18. The number of carbonyl (C=O) groups is 2. The van der Waals surface area contributed by atoms with Crippen molar-refractivity contribution in [3.63, 3.8) is 0 Å². The Labute approximate surface area is 200 Å². The molecule has 1 atom stereocenters. The van der Waals surface area contributed by atoms with E-state index in [1.54, 1.807) is 12.0 Å². The van der Waals surface area contributed by atoms with Gasteiger partial charge in [0.25, 0.3) is 0 Å². The topological polar surface area (TPSA) is 58.6 Å². The lowest BCUT2D eigenvalue weighted by atomic mass is 10.1. The molecule has 0 aliphatic heterocycles. The maximum atomic E-state index is 13.2. The molecule has 0 aromatic heterocycles. The third-order valence-electron chi connectivity index (χ3n) is 5.17.